The molecule has 1 fully saturated rings. The number of hydrogen-bond acceptors (Lipinski definition) is 3. The molecule has 0 aliphatic carbocycles. The fraction of sp³-hybridized carbons (Fsp3) is 0.526. The average molecular weight is 380 g/mol. The molecule has 2 N–H and O–H groups in total. The number of hydrazine groups is 1. The Balaban J connectivity index is 1.91. The first-order valence-electron chi connectivity index (χ1n) is 9.00. The molecule has 2 rings (SSSR count). The second kappa shape index (κ2) is 9.57. The van der Waals surface area contributed by atoms with Crippen molar-refractivity contribution in [3.63, 3.8) is 0 Å². The van der Waals surface area contributed by atoms with Crippen molar-refractivity contribution in [1.82, 2.24) is 15.8 Å². The van der Waals surface area contributed by atoms with Gasteiger partial charge in [0.2, 0.25) is 11.8 Å². The number of carbonyl (C=O) groups is 3. The molecule has 1 aromatic rings. The first-order valence-corrected chi connectivity index (χ1v) is 9.38. The number of hydrogen-bond donors (Lipinski definition) is 2. The van der Waals surface area contributed by atoms with Crippen molar-refractivity contribution in [1.29, 1.82) is 0 Å². The molecule has 142 valence electrons. The Morgan fingerprint density at radius 2 is 1.81 bits per heavy atom. The van der Waals surface area contributed by atoms with E-state index in [1.165, 1.54) is 0 Å². The van der Waals surface area contributed by atoms with Crippen molar-refractivity contribution >= 4 is 29.3 Å². The summed E-state index contributed by atoms with van der Waals surface area (Å²) in [6.07, 6.45) is 3.24. The number of halogens is 1. The second-order valence-electron chi connectivity index (χ2n) is 6.94. The van der Waals surface area contributed by atoms with Gasteiger partial charge in [-0.05, 0) is 36.5 Å². The van der Waals surface area contributed by atoms with E-state index in [1.54, 1.807) is 17.0 Å². The number of benzene rings is 1. The summed E-state index contributed by atoms with van der Waals surface area (Å²) in [7, 11) is 0. The maximum absolute atomic E-state index is 12.5. The van der Waals surface area contributed by atoms with Gasteiger partial charge in [0.05, 0.1) is 5.92 Å². The van der Waals surface area contributed by atoms with Crippen LogP contribution in [0.1, 0.15) is 51.0 Å². The fourth-order valence-corrected chi connectivity index (χ4v) is 3.26. The van der Waals surface area contributed by atoms with Crippen LogP contribution in [0.4, 0.5) is 0 Å². The summed E-state index contributed by atoms with van der Waals surface area (Å²) in [6, 6.07) is 7.10. The van der Waals surface area contributed by atoms with Gasteiger partial charge in [0.1, 0.15) is 6.54 Å². The molecular formula is C19H26ClN3O3. The molecule has 0 radical (unpaired) electrons. The zero-order valence-electron chi connectivity index (χ0n) is 15.3. The van der Waals surface area contributed by atoms with Crippen molar-refractivity contribution in [2.75, 3.05) is 13.1 Å². The third-order valence-corrected chi connectivity index (χ3v) is 4.76. The minimum atomic E-state index is -0.410. The lowest BCUT2D eigenvalue weighted by Crippen LogP contribution is -2.49. The summed E-state index contributed by atoms with van der Waals surface area (Å²) >= 11 is 5.90. The molecule has 0 saturated carbocycles. The van der Waals surface area contributed by atoms with Gasteiger partial charge in [-0.2, -0.15) is 0 Å². The number of likely N-dealkylation sites (tertiary alicyclic amines) is 1. The number of amides is 3. The Morgan fingerprint density at radius 1 is 1.12 bits per heavy atom. The van der Waals surface area contributed by atoms with Gasteiger partial charge in [0, 0.05) is 18.0 Å². The maximum atomic E-state index is 12.5. The quantitative estimate of drug-likeness (QED) is 0.772. The topological polar surface area (TPSA) is 78.5 Å². The van der Waals surface area contributed by atoms with Gasteiger partial charge in [-0.3, -0.25) is 25.2 Å². The summed E-state index contributed by atoms with van der Waals surface area (Å²) in [5.74, 6) is -1.07. The van der Waals surface area contributed by atoms with Crippen molar-refractivity contribution in [3.05, 3.63) is 34.9 Å². The van der Waals surface area contributed by atoms with E-state index in [2.05, 4.69) is 10.9 Å². The molecule has 26 heavy (non-hydrogen) atoms. The first-order chi connectivity index (χ1) is 12.4. The molecule has 0 aromatic heterocycles. The molecule has 1 aliphatic rings. The van der Waals surface area contributed by atoms with E-state index in [1.807, 2.05) is 26.0 Å². The third kappa shape index (κ3) is 5.73. The highest BCUT2D eigenvalue weighted by molar-refractivity contribution is 6.30. The van der Waals surface area contributed by atoms with E-state index < -0.39 is 11.8 Å². The van der Waals surface area contributed by atoms with Crippen LogP contribution in [-0.2, 0) is 14.4 Å². The predicted octanol–water partition coefficient (Wildman–Crippen LogP) is 2.63. The fourth-order valence-electron chi connectivity index (χ4n) is 3.14. The molecule has 0 unspecified atom stereocenters. The zero-order valence-corrected chi connectivity index (χ0v) is 16.0. The Morgan fingerprint density at radius 3 is 2.46 bits per heavy atom. The number of nitrogens with one attached hydrogen (secondary N) is 2. The normalized spacial score (nSPS) is 16.2. The minimum Gasteiger partial charge on any atom is -0.333 e. The van der Waals surface area contributed by atoms with Crippen LogP contribution in [0.25, 0.3) is 0 Å². The van der Waals surface area contributed by atoms with Crippen molar-refractivity contribution in [2.45, 2.75) is 45.4 Å². The highest BCUT2D eigenvalue weighted by Gasteiger charge is 2.25. The molecule has 1 aliphatic heterocycles. The molecule has 1 atom stereocenters. The Bertz CT molecular complexity index is 646. The summed E-state index contributed by atoms with van der Waals surface area (Å²) in [5, 5.41) is 0.604. The molecule has 6 nitrogen and oxygen atoms in total. The standard InChI is InChI=1S/C19H26ClN3O3/c1-13(2)18(14-7-9-15(20)10-8-14)19(26)22-21-16(24)12-23-11-5-3-4-6-17(23)25/h7-10,13,18H,3-6,11-12H2,1-2H3,(H,21,24)(H,22,26)/t18-/m1/s1. The molecular weight excluding hydrogens is 354 g/mol. The number of carbonyl (C=O) groups excluding carboxylic acids is 3. The molecule has 0 spiro atoms. The molecule has 1 heterocycles. The average Bonchev–Trinajstić information content (AvgIpc) is 2.79. The Hall–Kier alpha value is -2.08. The summed E-state index contributed by atoms with van der Waals surface area (Å²) in [6.45, 7) is 4.43. The summed E-state index contributed by atoms with van der Waals surface area (Å²) < 4.78 is 0. The monoisotopic (exact) mass is 379 g/mol. The smallest absolute Gasteiger partial charge is 0.257 e. The lowest BCUT2D eigenvalue weighted by atomic mass is 9.88. The van der Waals surface area contributed by atoms with E-state index in [9.17, 15) is 14.4 Å². The lowest BCUT2D eigenvalue weighted by molar-refractivity contribution is -0.137. The largest absolute Gasteiger partial charge is 0.333 e. The van der Waals surface area contributed by atoms with E-state index >= 15 is 0 Å². The third-order valence-electron chi connectivity index (χ3n) is 4.51. The van der Waals surface area contributed by atoms with Gasteiger partial charge in [-0.1, -0.05) is 44.0 Å². The molecule has 1 saturated heterocycles. The van der Waals surface area contributed by atoms with Crippen LogP contribution >= 0.6 is 11.6 Å². The maximum Gasteiger partial charge on any atom is 0.257 e. The van der Waals surface area contributed by atoms with Gasteiger partial charge in [0.15, 0.2) is 0 Å². The number of nitrogens with zero attached hydrogens (tertiary/aromatic N) is 1. The Kier molecular flexibility index (Phi) is 7.45. The summed E-state index contributed by atoms with van der Waals surface area (Å²) in [5.41, 5.74) is 5.75. The van der Waals surface area contributed by atoms with E-state index in [4.69, 9.17) is 11.6 Å². The van der Waals surface area contributed by atoms with Crippen LogP contribution in [0.5, 0.6) is 0 Å². The molecule has 3 amide bonds. The Labute approximate surface area is 159 Å². The van der Waals surface area contributed by atoms with Gasteiger partial charge in [-0.15, -0.1) is 0 Å². The van der Waals surface area contributed by atoms with Gasteiger partial charge >= 0.3 is 0 Å². The zero-order chi connectivity index (χ0) is 19.1. The van der Waals surface area contributed by atoms with Crippen LogP contribution < -0.4 is 10.9 Å². The summed E-state index contributed by atoms with van der Waals surface area (Å²) in [4.78, 5) is 38.2. The first kappa shape index (κ1) is 20.2. The second-order valence-corrected chi connectivity index (χ2v) is 7.37. The van der Waals surface area contributed by atoms with E-state index in [0.717, 1.165) is 24.8 Å². The van der Waals surface area contributed by atoms with Crippen molar-refractivity contribution < 1.29 is 14.4 Å². The van der Waals surface area contributed by atoms with Crippen LogP contribution in [-0.4, -0.2) is 35.7 Å². The molecule has 1 aromatic carbocycles. The van der Waals surface area contributed by atoms with Gasteiger partial charge in [-0.25, -0.2) is 0 Å². The molecule has 0 bridgehead atoms. The highest BCUT2D eigenvalue weighted by atomic mass is 35.5. The minimum absolute atomic E-state index is 0.00908. The van der Waals surface area contributed by atoms with E-state index in [-0.39, 0.29) is 24.3 Å². The van der Waals surface area contributed by atoms with Gasteiger partial charge in [0.25, 0.3) is 5.91 Å². The van der Waals surface area contributed by atoms with Crippen molar-refractivity contribution in [2.24, 2.45) is 5.92 Å². The molecule has 7 heteroatoms. The van der Waals surface area contributed by atoms with E-state index in [0.29, 0.717) is 18.0 Å². The highest BCUT2D eigenvalue weighted by Crippen LogP contribution is 2.25. The van der Waals surface area contributed by atoms with Gasteiger partial charge < -0.3 is 4.90 Å². The van der Waals surface area contributed by atoms with Crippen molar-refractivity contribution in [3.8, 4) is 0 Å². The van der Waals surface area contributed by atoms with Crippen LogP contribution in [0, 0.1) is 5.92 Å². The predicted molar refractivity (Wildman–Crippen MR) is 100 cm³/mol. The number of rotatable bonds is 5. The SMILES string of the molecule is CC(C)[C@@H](C(=O)NNC(=O)CN1CCCCCC1=O)c1ccc(Cl)cc1. The lowest BCUT2D eigenvalue weighted by Gasteiger charge is -2.22. The van der Waals surface area contributed by atoms with Crippen LogP contribution in [0.15, 0.2) is 24.3 Å². The van der Waals surface area contributed by atoms with Crippen LogP contribution in [0.2, 0.25) is 5.02 Å². The van der Waals surface area contributed by atoms with Crippen LogP contribution in [0.3, 0.4) is 0 Å².